The van der Waals surface area contributed by atoms with E-state index in [1.54, 1.807) is 13.3 Å². The third-order valence-electron chi connectivity index (χ3n) is 5.40. The zero-order valence-corrected chi connectivity index (χ0v) is 18.2. The molecule has 1 aliphatic heterocycles. The molecule has 3 aromatic rings. The van der Waals surface area contributed by atoms with Crippen molar-refractivity contribution in [3.8, 4) is 17.4 Å². The SMILES string of the molecule is COc1cccc(CN2CCC(COc3ncc(Br)n3-c3ccccc3)CC2)c1. The Morgan fingerprint density at radius 2 is 1.86 bits per heavy atom. The van der Waals surface area contributed by atoms with Gasteiger partial charge in [0.15, 0.2) is 0 Å². The molecule has 0 amide bonds. The van der Waals surface area contributed by atoms with Gasteiger partial charge in [0.05, 0.1) is 25.6 Å². The Morgan fingerprint density at radius 3 is 2.62 bits per heavy atom. The van der Waals surface area contributed by atoms with E-state index in [0.717, 1.165) is 48.5 Å². The summed E-state index contributed by atoms with van der Waals surface area (Å²) in [7, 11) is 1.71. The Bertz CT molecular complexity index is 921. The largest absolute Gasteiger partial charge is 0.497 e. The van der Waals surface area contributed by atoms with Crippen molar-refractivity contribution in [3.05, 3.63) is 71.0 Å². The number of benzene rings is 2. The maximum Gasteiger partial charge on any atom is 0.301 e. The summed E-state index contributed by atoms with van der Waals surface area (Å²) in [6.45, 7) is 3.84. The van der Waals surface area contributed by atoms with Crippen molar-refractivity contribution in [2.24, 2.45) is 5.92 Å². The van der Waals surface area contributed by atoms with Crippen LogP contribution in [0.4, 0.5) is 0 Å². The Hall–Kier alpha value is -2.31. The van der Waals surface area contributed by atoms with Crippen LogP contribution in [0.5, 0.6) is 11.8 Å². The maximum atomic E-state index is 6.12. The maximum absolute atomic E-state index is 6.12. The van der Waals surface area contributed by atoms with Crippen LogP contribution in [-0.2, 0) is 6.54 Å². The molecule has 4 rings (SSSR count). The van der Waals surface area contributed by atoms with Crippen LogP contribution in [0.3, 0.4) is 0 Å². The van der Waals surface area contributed by atoms with E-state index < -0.39 is 0 Å². The van der Waals surface area contributed by atoms with Gasteiger partial charge in [-0.05, 0) is 77.6 Å². The van der Waals surface area contributed by atoms with Crippen molar-refractivity contribution < 1.29 is 9.47 Å². The number of likely N-dealkylation sites (tertiary alicyclic amines) is 1. The van der Waals surface area contributed by atoms with E-state index in [9.17, 15) is 0 Å². The number of halogens is 1. The summed E-state index contributed by atoms with van der Waals surface area (Å²) in [5.41, 5.74) is 2.34. The molecule has 6 heteroatoms. The normalized spacial score (nSPS) is 15.4. The van der Waals surface area contributed by atoms with Crippen molar-refractivity contribution in [3.63, 3.8) is 0 Å². The first-order valence-electron chi connectivity index (χ1n) is 9.99. The molecule has 0 aliphatic carbocycles. The fraction of sp³-hybridized carbons (Fsp3) is 0.348. The number of rotatable bonds is 7. The molecule has 0 unspecified atom stereocenters. The Kier molecular flexibility index (Phi) is 6.52. The zero-order valence-electron chi connectivity index (χ0n) is 16.6. The quantitative estimate of drug-likeness (QED) is 0.505. The smallest absolute Gasteiger partial charge is 0.301 e. The first kappa shape index (κ1) is 20.0. The molecule has 0 spiro atoms. The van der Waals surface area contributed by atoms with Crippen LogP contribution in [-0.4, -0.2) is 41.3 Å². The highest BCUT2D eigenvalue weighted by molar-refractivity contribution is 9.10. The lowest BCUT2D eigenvalue weighted by Gasteiger charge is -2.31. The highest BCUT2D eigenvalue weighted by atomic mass is 79.9. The first-order valence-corrected chi connectivity index (χ1v) is 10.8. The first-order chi connectivity index (χ1) is 14.2. The van der Waals surface area contributed by atoms with Gasteiger partial charge in [-0.2, -0.15) is 0 Å². The van der Waals surface area contributed by atoms with Gasteiger partial charge in [0.2, 0.25) is 0 Å². The summed E-state index contributed by atoms with van der Waals surface area (Å²) in [4.78, 5) is 6.94. The molecule has 0 atom stereocenters. The number of hydrogen-bond donors (Lipinski definition) is 0. The van der Waals surface area contributed by atoms with Crippen molar-refractivity contribution in [2.45, 2.75) is 19.4 Å². The van der Waals surface area contributed by atoms with Gasteiger partial charge in [0.25, 0.3) is 0 Å². The summed E-state index contributed by atoms with van der Waals surface area (Å²) in [6, 6.07) is 19.1. The van der Waals surface area contributed by atoms with Crippen LogP contribution in [0.2, 0.25) is 0 Å². The second-order valence-corrected chi connectivity index (χ2v) is 8.23. The van der Waals surface area contributed by atoms with Crippen LogP contribution >= 0.6 is 15.9 Å². The standard InChI is InChI=1S/C23H26BrN3O2/c1-28-21-9-5-6-19(14-21)16-26-12-10-18(11-13-26)17-29-23-25-15-22(24)27(23)20-7-3-2-4-8-20/h2-9,14-15,18H,10-13,16-17H2,1H3. The molecule has 1 aliphatic rings. The van der Waals surface area contributed by atoms with Crippen LogP contribution in [0.25, 0.3) is 5.69 Å². The van der Waals surface area contributed by atoms with Gasteiger partial charge in [-0.3, -0.25) is 9.47 Å². The lowest BCUT2D eigenvalue weighted by atomic mass is 9.97. The topological polar surface area (TPSA) is 39.5 Å². The van der Waals surface area contributed by atoms with E-state index in [2.05, 4.69) is 56.1 Å². The van der Waals surface area contributed by atoms with Gasteiger partial charge in [0.1, 0.15) is 10.4 Å². The molecule has 1 fully saturated rings. The third-order valence-corrected chi connectivity index (χ3v) is 5.96. The van der Waals surface area contributed by atoms with E-state index >= 15 is 0 Å². The number of hydrogen-bond acceptors (Lipinski definition) is 4. The number of para-hydroxylation sites is 1. The molecular formula is C23H26BrN3O2. The van der Waals surface area contributed by atoms with Gasteiger partial charge >= 0.3 is 6.01 Å². The van der Waals surface area contributed by atoms with Gasteiger partial charge in [-0.1, -0.05) is 30.3 Å². The number of ether oxygens (including phenoxy) is 2. The van der Waals surface area contributed by atoms with Crippen molar-refractivity contribution in [1.29, 1.82) is 0 Å². The van der Waals surface area contributed by atoms with Gasteiger partial charge in [-0.25, -0.2) is 4.98 Å². The van der Waals surface area contributed by atoms with Crippen molar-refractivity contribution >= 4 is 15.9 Å². The molecule has 1 aromatic heterocycles. The highest BCUT2D eigenvalue weighted by Gasteiger charge is 2.21. The molecular weight excluding hydrogens is 430 g/mol. The summed E-state index contributed by atoms with van der Waals surface area (Å²) >= 11 is 3.57. The van der Waals surface area contributed by atoms with Crippen molar-refractivity contribution in [2.75, 3.05) is 26.8 Å². The number of piperidine rings is 1. The minimum Gasteiger partial charge on any atom is -0.497 e. The second kappa shape index (κ2) is 9.46. The van der Waals surface area contributed by atoms with Crippen LogP contribution < -0.4 is 9.47 Å². The number of nitrogens with zero attached hydrogens (tertiary/aromatic N) is 3. The molecule has 0 bridgehead atoms. The average molecular weight is 456 g/mol. The van der Waals surface area contributed by atoms with E-state index in [-0.39, 0.29) is 0 Å². The molecule has 0 saturated carbocycles. The Labute approximate surface area is 180 Å². The fourth-order valence-corrected chi connectivity index (χ4v) is 4.22. The summed E-state index contributed by atoms with van der Waals surface area (Å²) in [5.74, 6) is 1.47. The van der Waals surface area contributed by atoms with E-state index in [1.165, 1.54) is 5.56 Å². The number of methoxy groups -OCH3 is 1. The fourth-order valence-electron chi connectivity index (χ4n) is 3.76. The average Bonchev–Trinajstić information content (AvgIpc) is 3.14. The zero-order chi connectivity index (χ0) is 20.1. The van der Waals surface area contributed by atoms with E-state index in [0.29, 0.717) is 18.5 Å². The summed E-state index contributed by atoms with van der Waals surface area (Å²) in [6.07, 6.45) is 4.06. The molecule has 2 aromatic carbocycles. The second-order valence-electron chi connectivity index (χ2n) is 7.42. The van der Waals surface area contributed by atoms with Gasteiger partial charge in [-0.15, -0.1) is 0 Å². The van der Waals surface area contributed by atoms with Crippen LogP contribution in [0.15, 0.2) is 65.4 Å². The molecule has 152 valence electrons. The minimum absolute atomic E-state index is 0.552. The Balaban J connectivity index is 1.30. The minimum atomic E-state index is 0.552. The Morgan fingerprint density at radius 1 is 1.07 bits per heavy atom. The van der Waals surface area contributed by atoms with Crippen LogP contribution in [0.1, 0.15) is 18.4 Å². The highest BCUT2D eigenvalue weighted by Crippen LogP contribution is 2.26. The third kappa shape index (κ3) is 5.00. The monoisotopic (exact) mass is 455 g/mol. The number of imidazole rings is 1. The molecule has 29 heavy (non-hydrogen) atoms. The predicted octanol–water partition coefficient (Wildman–Crippen LogP) is 4.93. The van der Waals surface area contributed by atoms with E-state index in [1.807, 2.05) is 28.8 Å². The molecule has 0 radical (unpaired) electrons. The molecule has 5 nitrogen and oxygen atoms in total. The lowest BCUT2D eigenvalue weighted by Crippen LogP contribution is -2.35. The summed E-state index contributed by atoms with van der Waals surface area (Å²) < 4.78 is 14.3. The van der Waals surface area contributed by atoms with Crippen molar-refractivity contribution in [1.82, 2.24) is 14.5 Å². The summed E-state index contributed by atoms with van der Waals surface area (Å²) in [5, 5.41) is 0. The van der Waals surface area contributed by atoms with E-state index in [4.69, 9.17) is 9.47 Å². The van der Waals surface area contributed by atoms with Gasteiger partial charge < -0.3 is 9.47 Å². The molecule has 2 heterocycles. The molecule has 1 saturated heterocycles. The van der Waals surface area contributed by atoms with Crippen LogP contribution in [0, 0.1) is 5.92 Å². The lowest BCUT2D eigenvalue weighted by molar-refractivity contribution is 0.131. The molecule has 0 N–H and O–H groups in total. The number of aromatic nitrogens is 2. The van der Waals surface area contributed by atoms with Gasteiger partial charge in [0, 0.05) is 6.54 Å². The predicted molar refractivity (Wildman–Crippen MR) is 118 cm³/mol.